The molecule has 144 valence electrons. The van der Waals surface area contributed by atoms with Crippen molar-refractivity contribution in [2.24, 2.45) is 0 Å². The maximum Gasteiger partial charge on any atom is 0.237 e. The summed E-state index contributed by atoms with van der Waals surface area (Å²) in [6, 6.07) is 15.7. The Morgan fingerprint density at radius 1 is 1.07 bits per heavy atom. The summed E-state index contributed by atoms with van der Waals surface area (Å²) in [6.07, 6.45) is 0. The van der Waals surface area contributed by atoms with E-state index in [1.165, 1.54) is 17.4 Å². The maximum atomic E-state index is 12.5. The Kier molecular flexibility index (Phi) is 7.05. The largest absolute Gasteiger partial charge is 0.369 e. The van der Waals surface area contributed by atoms with E-state index in [2.05, 4.69) is 34.2 Å². The second-order valence-corrected chi connectivity index (χ2v) is 8.52. The molecule has 1 aliphatic rings. The van der Waals surface area contributed by atoms with Crippen LogP contribution in [0.3, 0.4) is 0 Å². The minimum absolute atomic E-state index is 0.000685. The zero-order valence-corrected chi connectivity index (χ0v) is 17.4. The third kappa shape index (κ3) is 5.64. The molecule has 1 aliphatic heterocycles. The van der Waals surface area contributed by atoms with Gasteiger partial charge in [0.2, 0.25) is 5.91 Å². The Labute approximate surface area is 170 Å². The van der Waals surface area contributed by atoms with Crippen molar-refractivity contribution in [1.82, 2.24) is 4.90 Å². The van der Waals surface area contributed by atoms with Gasteiger partial charge in [-0.05, 0) is 62.0 Å². The van der Waals surface area contributed by atoms with Gasteiger partial charge >= 0.3 is 0 Å². The second-order valence-electron chi connectivity index (χ2n) is 6.67. The van der Waals surface area contributed by atoms with Crippen LogP contribution < -0.4 is 10.2 Å². The lowest BCUT2D eigenvalue weighted by Crippen LogP contribution is -2.46. The lowest BCUT2D eigenvalue weighted by Gasteiger charge is -2.35. The Hall–Kier alpha value is -1.69. The number of nitrogens with one attached hydrogen (secondary N) is 1. The van der Waals surface area contributed by atoms with Gasteiger partial charge in [0.05, 0.1) is 5.25 Å². The van der Waals surface area contributed by atoms with Crippen LogP contribution in [0.15, 0.2) is 53.4 Å². The summed E-state index contributed by atoms with van der Waals surface area (Å²) in [4.78, 5) is 18.4. The number of piperazine rings is 1. The van der Waals surface area contributed by atoms with Crippen molar-refractivity contribution in [1.29, 1.82) is 0 Å². The molecule has 0 spiro atoms. The fraction of sp³-hybridized carbons (Fsp3) is 0.381. The smallest absolute Gasteiger partial charge is 0.237 e. The Balaban J connectivity index is 1.53. The molecule has 0 saturated carbocycles. The first-order valence-corrected chi connectivity index (χ1v) is 10.6. The quantitative estimate of drug-likeness (QED) is 0.715. The SMILES string of the molecule is CCN1CCN(c2ccc(NC(=O)[C@H](C)Sc3ccc(Cl)cc3)cc2)CC1. The van der Waals surface area contributed by atoms with Crippen molar-refractivity contribution in [3.63, 3.8) is 0 Å². The minimum atomic E-state index is -0.187. The van der Waals surface area contributed by atoms with Gasteiger partial charge in [0.25, 0.3) is 0 Å². The first kappa shape index (κ1) is 20.1. The summed E-state index contributed by atoms with van der Waals surface area (Å²) in [5, 5.41) is 3.52. The number of benzene rings is 2. The van der Waals surface area contributed by atoms with E-state index in [0.29, 0.717) is 5.02 Å². The molecule has 1 heterocycles. The Morgan fingerprint density at radius 3 is 2.30 bits per heavy atom. The minimum Gasteiger partial charge on any atom is -0.369 e. The monoisotopic (exact) mass is 403 g/mol. The van der Waals surface area contributed by atoms with E-state index in [4.69, 9.17) is 11.6 Å². The molecule has 27 heavy (non-hydrogen) atoms. The summed E-state index contributed by atoms with van der Waals surface area (Å²) < 4.78 is 0. The molecule has 2 aromatic rings. The van der Waals surface area contributed by atoms with E-state index >= 15 is 0 Å². The number of thioether (sulfide) groups is 1. The van der Waals surface area contributed by atoms with Crippen molar-refractivity contribution < 1.29 is 4.79 Å². The third-order valence-corrected chi connectivity index (χ3v) is 6.18. The Bertz CT molecular complexity index is 743. The molecule has 4 nitrogen and oxygen atoms in total. The van der Waals surface area contributed by atoms with Gasteiger partial charge in [0.1, 0.15) is 0 Å². The highest BCUT2D eigenvalue weighted by atomic mass is 35.5. The first-order valence-electron chi connectivity index (χ1n) is 9.35. The van der Waals surface area contributed by atoms with E-state index in [9.17, 15) is 4.79 Å². The highest BCUT2D eigenvalue weighted by Gasteiger charge is 2.17. The number of amides is 1. The van der Waals surface area contributed by atoms with Crippen molar-refractivity contribution in [2.75, 3.05) is 42.9 Å². The Morgan fingerprint density at radius 2 is 1.70 bits per heavy atom. The van der Waals surface area contributed by atoms with Crippen molar-refractivity contribution in [2.45, 2.75) is 24.0 Å². The molecule has 0 bridgehead atoms. The molecule has 0 aromatic heterocycles. The number of halogens is 1. The van der Waals surface area contributed by atoms with E-state index < -0.39 is 0 Å². The molecule has 2 aromatic carbocycles. The molecule has 6 heteroatoms. The van der Waals surface area contributed by atoms with Crippen molar-refractivity contribution in [3.05, 3.63) is 53.6 Å². The molecule has 0 aliphatic carbocycles. The van der Waals surface area contributed by atoms with Crippen molar-refractivity contribution >= 4 is 40.6 Å². The normalized spacial score (nSPS) is 16.2. The van der Waals surface area contributed by atoms with Crippen LogP contribution in [0.4, 0.5) is 11.4 Å². The van der Waals surface area contributed by atoms with Gasteiger partial charge < -0.3 is 15.1 Å². The van der Waals surface area contributed by atoms with Crippen LogP contribution in [0.2, 0.25) is 5.02 Å². The lowest BCUT2D eigenvalue weighted by molar-refractivity contribution is -0.115. The summed E-state index contributed by atoms with van der Waals surface area (Å²) in [7, 11) is 0. The molecule has 1 N–H and O–H groups in total. The fourth-order valence-corrected chi connectivity index (χ4v) is 4.09. The maximum absolute atomic E-state index is 12.5. The van der Waals surface area contributed by atoms with Gasteiger partial charge in [-0.15, -0.1) is 11.8 Å². The number of hydrogen-bond acceptors (Lipinski definition) is 4. The fourth-order valence-electron chi connectivity index (χ4n) is 3.09. The van der Waals surface area contributed by atoms with E-state index in [0.717, 1.165) is 43.3 Å². The van der Waals surface area contributed by atoms with E-state index in [-0.39, 0.29) is 11.2 Å². The molecule has 1 saturated heterocycles. The van der Waals surface area contributed by atoms with Gasteiger partial charge in [-0.1, -0.05) is 18.5 Å². The summed E-state index contributed by atoms with van der Waals surface area (Å²) in [6.45, 7) is 9.55. The molecule has 1 fully saturated rings. The van der Waals surface area contributed by atoms with E-state index in [1.807, 2.05) is 43.3 Å². The highest BCUT2D eigenvalue weighted by Crippen LogP contribution is 2.26. The predicted octanol–water partition coefficient (Wildman–Crippen LogP) is 4.60. The lowest BCUT2D eigenvalue weighted by atomic mass is 10.2. The van der Waals surface area contributed by atoms with Crippen LogP contribution in [-0.4, -0.2) is 48.8 Å². The standard InChI is InChI=1S/C21H26ClN3OS/c1-3-24-12-14-25(15-13-24)19-8-6-18(7-9-19)23-21(26)16(2)27-20-10-4-17(22)5-11-20/h4-11,16H,3,12-15H2,1-2H3,(H,23,26)/t16-/m0/s1. The molecule has 1 atom stereocenters. The summed E-state index contributed by atoms with van der Waals surface area (Å²) >= 11 is 7.43. The second kappa shape index (κ2) is 9.49. The van der Waals surface area contributed by atoms with Crippen molar-refractivity contribution in [3.8, 4) is 0 Å². The number of nitrogens with zero attached hydrogens (tertiary/aromatic N) is 2. The van der Waals surface area contributed by atoms with Crippen LogP contribution in [0, 0.1) is 0 Å². The number of carbonyl (C=O) groups excluding carboxylic acids is 1. The van der Waals surface area contributed by atoms with Crippen LogP contribution >= 0.6 is 23.4 Å². The van der Waals surface area contributed by atoms with Crippen LogP contribution in [0.25, 0.3) is 0 Å². The number of carbonyl (C=O) groups is 1. The number of rotatable bonds is 6. The van der Waals surface area contributed by atoms with Gasteiger partial charge in [0.15, 0.2) is 0 Å². The summed E-state index contributed by atoms with van der Waals surface area (Å²) in [5.41, 5.74) is 2.05. The molecular formula is C21H26ClN3OS. The molecule has 0 radical (unpaired) electrons. The average molecular weight is 404 g/mol. The van der Waals surface area contributed by atoms with E-state index in [1.54, 1.807) is 0 Å². The van der Waals surface area contributed by atoms with Gasteiger partial charge in [-0.3, -0.25) is 4.79 Å². The first-order chi connectivity index (χ1) is 13.0. The van der Waals surface area contributed by atoms with Gasteiger partial charge in [-0.25, -0.2) is 0 Å². The zero-order chi connectivity index (χ0) is 19.2. The molecule has 3 rings (SSSR count). The van der Waals surface area contributed by atoms with Crippen LogP contribution in [0.5, 0.6) is 0 Å². The average Bonchev–Trinajstić information content (AvgIpc) is 2.70. The summed E-state index contributed by atoms with van der Waals surface area (Å²) in [5.74, 6) is -0.000685. The molecular weight excluding hydrogens is 378 g/mol. The topological polar surface area (TPSA) is 35.6 Å². The number of anilines is 2. The molecule has 0 unspecified atom stereocenters. The zero-order valence-electron chi connectivity index (χ0n) is 15.8. The molecule has 1 amide bonds. The third-order valence-electron chi connectivity index (χ3n) is 4.82. The predicted molar refractivity (Wildman–Crippen MR) is 116 cm³/mol. The van der Waals surface area contributed by atoms with Gasteiger partial charge in [-0.2, -0.15) is 0 Å². The number of hydrogen-bond donors (Lipinski definition) is 1. The van der Waals surface area contributed by atoms with Crippen LogP contribution in [0.1, 0.15) is 13.8 Å². The highest BCUT2D eigenvalue weighted by molar-refractivity contribution is 8.00. The van der Waals surface area contributed by atoms with Crippen LogP contribution in [-0.2, 0) is 4.79 Å². The van der Waals surface area contributed by atoms with Gasteiger partial charge in [0, 0.05) is 47.5 Å². The number of likely N-dealkylation sites (N-methyl/N-ethyl adjacent to an activating group) is 1.